The molecule has 1 aromatic heterocycles. The van der Waals surface area contributed by atoms with Crippen LogP contribution in [0, 0.1) is 6.92 Å². The van der Waals surface area contributed by atoms with E-state index in [0.29, 0.717) is 5.84 Å². The van der Waals surface area contributed by atoms with E-state index in [1.54, 1.807) is 41.5 Å². The standard InChI is InChI=1S/C16H18N4O2S/c1-10(12-9-23-11(2)18-12)17-15(22)16(3)8-14(21)19-13-6-4-5-7-20(13)16/h4-7,9-10H,8H2,1-3H3,(H,17,22). The molecule has 2 amide bonds. The molecule has 120 valence electrons. The zero-order chi connectivity index (χ0) is 16.6. The summed E-state index contributed by atoms with van der Waals surface area (Å²) in [5.41, 5.74) is -0.163. The van der Waals surface area contributed by atoms with Gasteiger partial charge in [-0.25, -0.2) is 4.98 Å². The fraction of sp³-hybridized carbons (Fsp3) is 0.375. The molecular weight excluding hydrogens is 312 g/mol. The molecule has 1 N–H and O–H groups in total. The van der Waals surface area contributed by atoms with E-state index in [1.165, 1.54) is 0 Å². The minimum absolute atomic E-state index is 0.0450. The molecule has 0 aromatic carbocycles. The highest BCUT2D eigenvalue weighted by molar-refractivity contribution is 7.09. The second kappa shape index (κ2) is 5.73. The molecule has 23 heavy (non-hydrogen) atoms. The van der Waals surface area contributed by atoms with E-state index in [4.69, 9.17) is 0 Å². The maximum absolute atomic E-state index is 12.9. The molecule has 2 unspecified atom stereocenters. The van der Waals surface area contributed by atoms with Crippen molar-refractivity contribution in [1.29, 1.82) is 0 Å². The van der Waals surface area contributed by atoms with Crippen molar-refractivity contribution in [2.45, 2.75) is 38.8 Å². The Bertz CT molecular complexity index is 749. The van der Waals surface area contributed by atoms with Crippen molar-refractivity contribution in [3.63, 3.8) is 0 Å². The fourth-order valence-electron chi connectivity index (χ4n) is 2.68. The first kappa shape index (κ1) is 15.6. The molecule has 7 heteroatoms. The van der Waals surface area contributed by atoms with E-state index >= 15 is 0 Å². The number of aryl methyl sites for hydroxylation is 1. The van der Waals surface area contributed by atoms with E-state index in [0.717, 1.165) is 10.7 Å². The van der Waals surface area contributed by atoms with Crippen molar-refractivity contribution in [1.82, 2.24) is 15.2 Å². The minimum Gasteiger partial charge on any atom is -0.346 e. The molecule has 6 nitrogen and oxygen atoms in total. The minimum atomic E-state index is -0.991. The summed E-state index contributed by atoms with van der Waals surface area (Å²) in [7, 11) is 0. The predicted octanol–water partition coefficient (Wildman–Crippen LogP) is 2.10. The summed E-state index contributed by atoms with van der Waals surface area (Å²) in [6.07, 6.45) is 7.18. The molecule has 0 radical (unpaired) electrons. The molecule has 0 bridgehead atoms. The predicted molar refractivity (Wildman–Crippen MR) is 89.0 cm³/mol. The molecule has 2 aliphatic heterocycles. The lowest BCUT2D eigenvalue weighted by atomic mass is 9.91. The first-order valence-corrected chi connectivity index (χ1v) is 8.27. The molecule has 0 spiro atoms. The van der Waals surface area contributed by atoms with Crippen molar-refractivity contribution in [3.8, 4) is 0 Å². The number of rotatable bonds is 3. The number of fused-ring (bicyclic) bond motifs is 1. The van der Waals surface area contributed by atoms with E-state index in [2.05, 4.69) is 15.3 Å². The van der Waals surface area contributed by atoms with Crippen molar-refractivity contribution in [2.75, 3.05) is 0 Å². The van der Waals surface area contributed by atoms with Gasteiger partial charge in [-0.05, 0) is 32.9 Å². The Morgan fingerprint density at radius 2 is 2.26 bits per heavy atom. The Kier molecular flexibility index (Phi) is 3.89. The highest BCUT2D eigenvalue weighted by atomic mass is 32.1. The van der Waals surface area contributed by atoms with Gasteiger partial charge < -0.3 is 10.2 Å². The molecule has 2 aliphatic rings. The monoisotopic (exact) mass is 330 g/mol. The molecule has 0 aliphatic carbocycles. The van der Waals surface area contributed by atoms with Gasteiger partial charge in [-0.3, -0.25) is 9.59 Å². The molecule has 3 rings (SSSR count). The zero-order valence-electron chi connectivity index (χ0n) is 13.2. The Hall–Kier alpha value is -2.28. The number of aliphatic imine (C=N–C) groups is 1. The van der Waals surface area contributed by atoms with Crippen molar-refractivity contribution >= 4 is 29.0 Å². The van der Waals surface area contributed by atoms with Gasteiger partial charge in [0.1, 0.15) is 11.4 Å². The normalized spacial score (nSPS) is 24.2. The number of thiazole rings is 1. The number of amides is 2. The van der Waals surface area contributed by atoms with Gasteiger partial charge >= 0.3 is 0 Å². The number of amidine groups is 1. The van der Waals surface area contributed by atoms with Gasteiger partial charge in [0.15, 0.2) is 0 Å². The first-order valence-electron chi connectivity index (χ1n) is 7.39. The number of hydrogen-bond donors (Lipinski definition) is 1. The number of hydrogen-bond acceptors (Lipinski definition) is 5. The Labute approximate surface area is 138 Å². The summed E-state index contributed by atoms with van der Waals surface area (Å²) in [5, 5.41) is 5.86. The molecular formula is C16H18N4O2S. The van der Waals surface area contributed by atoms with Crippen molar-refractivity contribution < 1.29 is 9.59 Å². The number of nitrogens with one attached hydrogen (secondary N) is 1. The Morgan fingerprint density at radius 1 is 1.48 bits per heavy atom. The molecule has 0 fully saturated rings. The summed E-state index contributed by atoms with van der Waals surface area (Å²) in [6.45, 7) is 5.58. The Morgan fingerprint density at radius 3 is 2.96 bits per heavy atom. The van der Waals surface area contributed by atoms with E-state index in [1.807, 2.05) is 25.3 Å². The number of nitrogens with zero attached hydrogens (tertiary/aromatic N) is 3. The lowest BCUT2D eigenvalue weighted by Crippen LogP contribution is -2.60. The third kappa shape index (κ3) is 2.84. The lowest BCUT2D eigenvalue weighted by molar-refractivity contribution is -0.135. The van der Waals surface area contributed by atoms with Gasteiger partial charge in [-0.2, -0.15) is 4.99 Å². The van der Waals surface area contributed by atoms with Gasteiger partial charge in [0.05, 0.1) is 23.2 Å². The number of carbonyl (C=O) groups is 2. The largest absolute Gasteiger partial charge is 0.346 e. The number of aromatic nitrogens is 1. The van der Waals surface area contributed by atoms with Gasteiger partial charge in [0.2, 0.25) is 5.91 Å². The van der Waals surface area contributed by atoms with E-state index in [-0.39, 0.29) is 24.3 Å². The summed E-state index contributed by atoms with van der Waals surface area (Å²) in [4.78, 5) is 35.0. The highest BCUT2D eigenvalue weighted by Crippen LogP contribution is 2.29. The average Bonchev–Trinajstić information content (AvgIpc) is 2.93. The van der Waals surface area contributed by atoms with Crippen LogP contribution in [0.4, 0.5) is 0 Å². The lowest BCUT2D eigenvalue weighted by Gasteiger charge is -2.42. The maximum atomic E-state index is 12.9. The highest BCUT2D eigenvalue weighted by Gasteiger charge is 2.45. The SMILES string of the molecule is Cc1nc(C(C)NC(=O)C2(C)CC(=O)N=C3C=CC=CN32)cs1. The quantitative estimate of drug-likeness (QED) is 0.921. The average molecular weight is 330 g/mol. The third-order valence-corrected chi connectivity index (χ3v) is 4.81. The van der Waals surface area contributed by atoms with Crippen LogP contribution in [0.15, 0.2) is 34.8 Å². The van der Waals surface area contributed by atoms with Gasteiger partial charge in [0, 0.05) is 11.6 Å². The molecule has 2 atom stereocenters. The van der Waals surface area contributed by atoms with Gasteiger partial charge in [-0.15, -0.1) is 11.3 Å². The van der Waals surface area contributed by atoms with E-state index in [9.17, 15) is 9.59 Å². The smallest absolute Gasteiger partial charge is 0.250 e. The van der Waals surface area contributed by atoms with Crippen LogP contribution in [0.25, 0.3) is 0 Å². The van der Waals surface area contributed by atoms with Crippen LogP contribution < -0.4 is 5.32 Å². The second-order valence-corrected chi connectivity index (χ2v) is 6.93. The van der Waals surface area contributed by atoms with Crippen LogP contribution in [0.5, 0.6) is 0 Å². The van der Waals surface area contributed by atoms with Crippen LogP contribution in [0.3, 0.4) is 0 Å². The van der Waals surface area contributed by atoms with Crippen LogP contribution >= 0.6 is 11.3 Å². The first-order chi connectivity index (χ1) is 10.9. The van der Waals surface area contributed by atoms with Crippen molar-refractivity contribution in [3.05, 3.63) is 40.5 Å². The third-order valence-electron chi connectivity index (χ3n) is 4.02. The molecule has 1 aromatic rings. The Balaban J connectivity index is 1.83. The van der Waals surface area contributed by atoms with Crippen LogP contribution in [0.1, 0.15) is 37.0 Å². The van der Waals surface area contributed by atoms with Crippen LogP contribution in [0.2, 0.25) is 0 Å². The van der Waals surface area contributed by atoms with Crippen LogP contribution in [-0.4, -0.2) is 33.1 Å². The van der Waals surface area contributed by atoms with Crippen LogP contribution in [-0.2, 0) is 9.59 Å². The molecule has 0 saturated carbocycles. The fourth-order valence-corrected chi connectivity index (χ4v) is 3.39. The summed E-state index contributed by atoms with van der Waals surface area (Å²) < 4.78 is 0. The summed E-state index contributed by atoms with van der Waals surface area (Å²) in [5.74, 6) is 0.000847. The topological polar surface area (TPSA) is 74.7 Å². The van der Waals surface area contributed by atoms with E-state index < -0.39 is 5.54 Å². The molecule has 0 saturated heterocycles. The molecule has 3 heterocycles. The summed E-state index contributed by atoms with van der Waals surface area (Å²) in [6, 6.07) is -0.217. The number of carbonyl (C=O) groups excluding carboxylic acids is 2. The summed E-state index contributed by atoms with van der Waals surface area (Å²) >= 11 is 1.55. The van der Waals surface area contributed by atoms with Gasteiger partial charge in [-0.1, -0.05) is 6.08 Å². The number of allylic oxidation sites excluding steroid dienone is 2. The van der Waals surface area contributed by atoms with Crippen molar-refractivity contribution in [2.24, 2.45) is 4.99 Å². The zero-order valence-corrected chi connectivity index (χ0v) is 14.1. The van der Waals surface area contributed by atoms with Gasteiger partial charge in [0.25, 0.3) is 5.91 Å². The maximum Gasteiger partial charge on any atom is 0.250 e. The second-order valence-electron chi connectivity index (χ2n) is 5.87.